The fraction of sp³-hybridized carbons (Fsp3) is 0.441. The highest BCUT2D eigenvalue weighted by atomic mass is 19.4. The average Bonchev–Trinajstić information content (AvgIpc) is 3.34. The molecule has 2 aliphatic heterocycles. The number of nitrogens with zero attached hydrogens (tertiary/aromatic N) is 5. The molecular formula is C34H38F5N7O4. The van der Waals surface area contributed by atoms with Crippen molar-refractivity contribution in [2.24, 2.45) is 0 Å². The van der Waals surface area contributed by atoms with Crippen LogP contribution in [0.1, 0.15) is 67.4 Å². The molecule has 3 amide bonds. The van der Waals surface area contributed by atoms with Crippen LogP contribution in [0.2, 0.25) is 0 Å². The number of carbonyl (C=O) groups excluding carboxylic acids is 3. The summed E-state index contributed by atoms with van der Waals surface area (Å²) in [5.74, 6) is -5.66. The monoisotopic (exact) mass is 703 g/mol. The predicted octanol–water partition coefficient (Wildman–Crippen LogP) is 6.64. The molecule has 1 aromatic heterocycles. The number of amides is 3. The van der Waals surface area contributed by atoms with E-state index in [1.54, 1.807) is 6.92 Å². The summed E-state index contributed by atoms with van der Waals surface area (Å²) in [4.78, 5) is 55.2. The number of rotatable bonds is 9. The molecule has 3 heterocycles. The molecule has 0 saturated carbocycles. The van der Waals surface area contributed by atoms with E-state index in [0.29, 0.717) is 22.7 Å². The van der Waals surface area contributed by atoms with Gasteiger partial charge in [0.2, 0.25) is 5.95 Å². The van der Waals surface area contributed by atoms with E-state index in [2.05, 4.69) is 25.4 Å². The largest absolute Gasteiger partial charge is 0.493 e. The molecule has 0 bridgehead atoms. The Hall–Kier alpha value is -4.86. The van der Waals surface area contributed by atoms with Crippen LogP contribution >= 0.6 is 0 Å². The number of aryl methyl sites for hydroxylation is 1. The number of likely N-dealkylation sites (tertiary alicyclic amines) is 1. The lowest BCUT2D eigenvalue weighted by atomic mass is 9.97. The van der Waals surface area contributed by atoms with Crippen LogP contribution < -0.4 is 15.5 Å². The number of para-hydroxylation sites is 1. The zero-order valence-corrected chi connectivity index (χ0v) is 27.9. The van der Waals surface area contributed by atoms with Crippen molar-refractivity contribution in [2.45, 2.75) is 71.6 Å². The summed E-state index contributed by atoms with van der Waals surface area (Å²) in [5, 5.41) is 6.10. The van der Waals surface area contributed by atoms with Gasteiger partial charge >= 0.3 is 18.2 Å². The van der Waals surface area contributed by atoms with Crippen LogP contribution in [0.4, 0.5) is 44.2 Å². The Kier molecular flexibility index (Phi) is 11.2. The molecule has 268 valence electrons. The molecule has 50 heavy (non-hydrogen) atoms. The second kappa shape index (κ2) is 15.4. The lowest BCUT2D eigenvalue weighted by Gasteiger charge is -2.31. The van der Waals surface area contributed by atoms with Gasteiger partial charge in [0.25, 0.3) is 5.91 Å². The molecule has 0 radical (unpaired) electrons. The standard InChI is InChI=1S/C34H38F5N7O4/c1-20(2)46(50-31(48)34(37,38)39)30(47)22-13-12-21(3)23(18-22)27-24-19-41-33(49)45(28-25(35)10-8-11-26(28)36)29(24)43-32(42-27)40-14-9-17-44-15-6-4-5-7-16-44/h8,10-13,18,20H,4-7,9,14-17,19H2,1-3H3,(H,41,49)(H,40,42,43). The lowest BCUT2D eigenvalue weighted by Crippen LogP contribution is -2.43. The Balaban J connectivity index is 1.56. The molecule has 0 unspecified atom stereocenters. The van der Waals surface area contributed by atoms with Gasteiger partial charge in [-0.25, -0.2) is 28.3 Å². The SMILES string of the molecule is Cc1ccc(C(=O)N(OC(=O)C(F)(F)F)C(C)C)cc1-c1nc(NCCCN2CCCCCC2)nc2c1CNC(=O)N2c1c(F)cccc1F. The van der Waals surface area contributed by atoms with E-state index in [4.69, 9.17) is 4.98 Å². The fourth-order valence-corrected chi connectivity index (χ4v) is 5.89. The first-order valence-electron chi connectivity index (χ1n) is 16.4. The molecule has 16 heteroatoms. The summed E-state index contributed by atoms with van der Waals surface area (Å²) < 4.78 is 69.3. The van der Waals surface area contributed by atoms with Crippen LogP contribution in [0.5, 0.6) is 0 Å². The van der Waals surface area contributed by atoms with Gasteiger partial charge in [-0.15, -0.1) is 0 Å². The van der Waals surface area contributed by atoms with Gasteiger partial charge in [0.1, 0.15) is 17.3 Å². The topological polar surface area (TPSA) is 120 Å². The summed E-state index contributed by atoms with van der Waals surface area (Å²) in [5.41, 5.74) is 0.561. The number of urea groups is 1. The summed E-state index contributed by atoms with van der Waals surface area (Å²) >= 11 is 0. The number of alkyl halides is 3. The van der Waals surface area contributed by atoms with Gasteiger partial charge in [-0.05, 0) is 89.5 Å². The van der Waals surface area contributed by atoms with E-state index in [0.717, 1.165) is 62.0 Å². The Labute approximate surface area is 285 Å². The van der Waals surface area contributed by atoms with Crippen LogP contribution in [0.15, 0.2) is 36.4 Å². The molecule has 0 spiro atoms. The number of hydrogen-bond donors (Lipinski definition) is 2. The van der Waals surface area contributed by atoms with Crippen LogP contribution in [-0.2, 0) is 16.2 Å². The zero-order chi connectivity index (χ0) is 36.2. The van der Waals surface area contributed by atoms with Gasteiger partial charge in [-0.1, -0.05) is 25.0 Å². The van der Waals surface area contributed by atoms with Crippen LogP contribution in [0.25, 0.3) is 11.3 Å². The molecule has 0 atom stereocenters. The summed E-state index contributed by atoms with van der Waals surface area (Å²) in [7, 11) is 0. The smallest absolute Gasteiger partial charge is 0.354 e. The highest BCUT2D eigenvalue weighted by molar-refractivity contribution is 6.02. The maximum absolute atomic E-state index is 15.1. The number of fused-ring (bicyclic) bond motifs is 1. The normalized spacial score (nSPS) is 15.3. The van der Waals surface area contributed by atoms with Crippen molar-refractivity contribution in [3.8, 4) is 11.3 Å². The van der Waals surface area contributed by atoms with Crippen molar-refractivity contribution < 1.29 is 41.2 Å². The van der Waals surface area contributed by atoms with E-state index in [-0.39, 0.29) is 35.1 Å². The van der Waals surface area contributed by atoms with Gasteiger partial charge < -0.3 is 20.4 Å². The molecule has 2 aliphatic rings. The minimum atomic E-state index is -5.34. The third kappa shape index (κ3) is 8.12. The minimum Gasteiger partial charge on any atom is -0.354 e. The predicted molar refractivity (Wildman–Crippen MR) is 174 cm³/mol. The Morgan fingerprint density at radius 2 is 1.72 bits per heavy atom. The van der Waals surface area contributed by atoms with Crippen molar-refractivity contribution in [2.75, 3.05) is 36.4 Å². The Bertz CT molecular complexity index is 1730. The fourth-order valence-electron chi connectivity index (χ4n) is 5.89. The molecule has 0 aliphatic carbocycles. The number of halogens is 5. The van der Waals surface area contributed by atoms with Gasteiger partial charge in [0.05, 0.1) is 18.3 Å². The highest BCUT2D eigenvalue weighted by Crippen LogP contribution is 2.39. The van der Waals surface area contributed by atoms with Gasteiger partial charge in [0, 0.05) is 23.2 Å². The number of anilines is 3. The maximum Gasteiger partial charge on any atom is 0.493 e. The quantitative estimate of drug-likeness (QED) is 0.145. The molecule has 5 rings (SSSR count). The molecule has 1 fully saturated rings. The first-order valence-corrected chi connectivity index (χ1v) is 16.4. The number of hydrogen-bond acceptors (Lipinski definition) is 8. The Morgan fingerprint density at radius 1 is 1.04 bits per heavy atom. The number of carbonyl (C=O) groups is 3. The van der Waals surface area contributed by atoms with E-state index in [9.17, 15) is 27.6 Å². The molecule has 2 N–H and O–H groups in total. The zero-order valence-electron chi connectivity index (χ0n) is 27.9. The summed E-state index contributed by atoms with van der Waals surface area (Å²) in [6.45, 7) is 7.58. The molecule has 2 aromatic carbocycles. The maximum atomic E-state index is 15.1. The number of hydroxylamine groups is 2. The van der Waals surface area contributed by atoms with E-state index >= 15 is 8.78 Å². The number of benzene rings is 2. The second-order valence-corrected chi connectivity index (χ2v) is 12.4. The van der Waals surface area contributed by atoms with Gasteiger partial charge in [-0.2, -0.15) is 23.2 Å². The van der Waals surface area contributed by atoms with Crippen LogP contribution in [-0.4, -0.2) is 76.2 Å². The van der Waals surface area contributed by atoms with E-state index < -0.39 is 47.4 Å². The third-order valence-electron chi connectivity index (χ3n) is 8.43. The minimum absolute atomic E-state index is 0.0464. The van der Waals surface area contributed by atoms with Gasteiger partial charge in [-0.3, -0.25) is 4.79 Å². The summed E-state index contributed by atoms with van der Waals surface area (Å²) in [6.07, 6.45) is 0.0653. The molecular weight excluding hydrogens is 665 g/mol. The van der Waals surface area contributed by atoms with Crippen molar-refractivity contribution >= 4 is 35.4 Å². The van der Waals surface area contributed by atoms with Crippen molar-refractivity contribution in [3.05, 3.63) is 64.7 Å². The highest BCUT2D eigenvalue weighted by Gasteiger charge is 2.44. The first-order chi connectivity index (χ1) is 23.8. The van der Waals surface area contributed by atoms with E-state index in [1.807, 2.05) is 0 Å². The van der Waals surface area contributed by atoms with Gasteiger partial charge in [0.15, 0.2) is 5.82 Å². The molecule has 11 nitrogen and oxygen atoms in total. The Morgan fingerprint density at radius 3 is 2.36 bits per heavy atom. The third-order valence-corrected chi connectivity index (χ3v) is 8.43. The molecule has 3 aromatic rings. The number of aromatic nitrogens is 2. The second-order valence-electron chi connectivity index (χ2n) is 12.4. The molecule has 1 saturated heterocycles. The van der Waals surface area contributed by atoms with Crippen molar-refractivity contribution in [1.82, 2.24) is 25.2 Å². The number of nitrogens with one attached hydrogen (secondary N) is 2. The van der Waals surface area contributed by atoms with Crippen molar-refractivity contribution in [3.63, 3.8) is 0 Å². The van der Waals surface area contributed by atoms with Crippen LogP contribution in [0, 0.1) is 18.6 Å². The van der Waals surface area contributed by atoms with Crippen molar-refractivity contribution in [1.29, 1.82) is 0 Å². The van der Waals surface area contributed by atoms with E-state index in [1.165, 1.54) is 44.9 Å². The van der Waals surface area contributed by atoms with Crippen LogP contribution in [0.3, 0.4) is 0 Å². The lowest BCUT2D eigenvalue weighted by molar-refractivity contribution is -0.232. The summed E-state index contributed by atoms with van der Waals surface area (Å²) in [6, 6.07) is 5.64. The average molecular weight is 704 g/mol. The first kappa shape index (κ1) is 36.4.